The van der Waals surface area contributed by atoms with Crippen LogP contribution in [0.2, 0.25) is 5.02 Å². The van der Waals surface area contributed by atoms with Crippen LogP contribution in [0.15, 0.2) is 53.9 Å². The lowest BCUT2D eigenvalue weighted by Crippen LogP contribution is -2.51. The minimum atomic E-state index is -1.04. The molecule has 0 N–H and O–H groups in total. The molecule has 2 amide bonds. The number of nitrogens with zero attached hydrogens (tertiary/aromatic N) is 3. The van der Waals surface area contributed by atoms with Crippen molar-refractivity contribution in [3.05, 3.63) is 75.2 Å². The van der Waals surface area contributed by atoms with Gasteiger partial charge in [-0.1, -0.05) is 41.9 Å². The van der Waals surface area contributed by atoms with E-state index in [4.69, 9.17) is 26.1 Å². The van der Waals surface area contributed by atoms with Crippen molar-refractivity contribution in [3.8, 4) is 11.5 Å². The molecule has 1 aliphatic heterocycles. The summed E-state index contributed by atoms with van der Waals surface area (Å²) in [4.78, 5) is 34.8. The van der Waals surface area contributed by atoms with Crippen molar-refractivity contribution >= 4 is 34.8 Å². The summed E-state index contributed by atoms with van der Waals surface area (Å²) < 4.78 is 11.5. The molecule has 7 nitrogen and oxygen atoms in total. The van der Waals surface area contributed by atoms with E-state index in [1.165, 1.54) is 11.3 Å². The van der Waals surface area contributed by atoms with Gasteiger partial charge in [-0.3, -0.25) is 9.59 Å². The number of aromatic nitrogens is 1. The molecule has 0 radical (unpaired) electrons. The summed E-state index contributed by atoms with van der Waals surface area (Å²) in [6, 6.07) is 15.0. The molecule has 1 unspecified atom stereocenters. The molecule has 4 rings (SSSR count). The van der Waals surface area contributed by atoms with Crippen LogP contribution in [0, 0.1) is 0 Å². The van der Waals surface area contributed by atoms with E-state index in [0.29, 0.717) is 36.0 Å². The standard InChI is InChI=1S/C30H36ClN3O4S/c1-20(18-22-10-6-8-12-25(22)37-5)33(4)28(35)24-19-39-27(32-24)21-14-16-34(17-15-21)29(36)30(2,3)38-26-13-9-7-11-23(26)31/h6-13,19-21H,14-18H2,1-5H3. The van der Waals surface area contributed by atoms with Gasteiger partial charge in [0.25, 0.3) is 11.8 Å². The second-order valence-electron chi connectivity index (χ2n) is 10.5. The molecule has 9 heteroatoms. The van der Waals surface area contributed by atoms with E-state index in [0.717, 1.165) is 29.2 Å². The molecule has 2 aromatic carbocycles. The predicted molar refractivity (Wildman–Crippen MR) is 155 cm³/mol. The average molecular weight is 570 g/mol. The molecule has 1 fully saturated rings. The molecule has 0 saturated carbocycles. The van der Waals surface area contributed by atoms with E-state index in [1.807, 2.05) is 60.6 Å². The minimum Gasteiger partial charge on any atom is -0.496 e. The molecule has 3 aromatic rings. The third kappa shape index (κ3) is 6.73. The van der Waals surface area contributed by atoms with E-state index < -0.39 is 5.60 Å². The predicted octanol–water partition coefficient (Wildman–Crippen LogP) is 6.07. The number of piperidine rings is 1. The van der Waals surface area contributed by atoms with Crippen LogP contribution in [0.5, 0.6) is 11.5 Å². The highest BCUT2D eigenvalue weighted by Crippen LogP contribution is 2.33. The summed E-state index contributed by atoms with van der Waals surface area (Å²) in [6.45, 7) is 6.79. The van der Waals surface area contributed by atoms with Crippen molar-refractivity contribution in [2.45, 2.75) is 57.6 Å². The number of halogens is 1. The number of carbonyl (C=O) groups excluding carboxylic acids is 2. The summed E-state index contributed by atoms with van der Waals surface area (Å²) in [5.41, 5.74) is 0.494. The number of hydrogen-bond donors (Lipinski definition) is 0. The Morgan fingerprint density at radius 3 is 2.44 bits per heavy atom. The van der Waals surface area contributed by atoms with Crippen LogP contribution in [-0.2, 0) is 11.2 Å². The zero-order valence-electron chi connectivity index (χ0n) is 23.1. The van der Waals surface area contributed by atoms with Gasteiger partial charge >= 0.3 is 0 Å². The highest BCUT2D eigenvalue weighted by molar-refractivity contribution is 7.09. The quantitative estimate of drug-likeness (QED) is 0.313. The molecule has 1 aromatic heterocycles. The van der Waals surface area contributed by atoms with Gasteiger partial charge in [-0.2, -0.15) is 0 Å². The molecule has 1 atom stereocenters. The molecule has 0 spiro atoms. The summed E-state index contributed by atoms with van der Waals surface area (Å²) in [7, 11) is 3.48. The molecule has 208 valence electrons. The summed E-state index contributed by atoms with van der Waals surface area (Å²) >= 11 is 7.75. The minimum absolute atomic E-state index is 0.0236. The first-order valence-electron chi connectivity index (χ1n) is 13.2. The Morgan fingerprint density at radius 2 is 1.77 bits per heavy atom. The largest absolute Gasteiger partial charge is 0.496 e. The first-order chi connectivity index (χ1) is 18.6. The highest BCUT2D eigenvalue weighted by Gasteiger charge is 2.37. The van der Waals surface area contributed by atoms with E-state index in [9.17, 15) is 9.59 Å². The fraction of sp³-hybridized carbons (Fsp3) is 0.433. The molecular formula is C30H36ClN3O4S. The number of methoxy groups -OCH3 is 1. The number of rotatable bonds is 9. The Kier molecular flexibility index (Phi) is 9.18. The van der Waals surface area contributed by atoms with Gasteiger partial charge in [-0.15, -0.1) is 11.3 Å². The molecule has 1 aliphatic rings. The smallest absolute Gasteiger partial charge is 0.273 e. The van der Waals surface area contributed by atoms with Gasteiger partial charge < -0.3 is 19.3 Å². The van der Waals surface area contributed by atoms with Crippen LogP contribution in [0.4, 0.5) is 0 Å². The summed E-state index contributed by atoms with van der Waals surface area (Å²) in [5.74, 6) is 1.37. The van der Waals surface area contributed by atoms with Crippen LogP contribution in [-0.4, -0.2) is 65.5 Å². The Bertz CT molecular complexity index is 1300. The fourth-order valence-corrected chi connectivity index (χ4v) is 5.98. The molecule has 2 heterocycles. The van der Waals surface area contributed by atoms with Gasteiger partial charge in [0.05, 0.1) is 17.1 Å². The molecule has 0 bridgehead atoms. The number of carbonyl (C=O) groups is 2. The van der Waals surface area contributed by atoms with Gasteiger partial charge in [0.2, 0.25) is 0 Å². The third-order valence-electron chi connectivity index (χ3n) is 7.28. The van der Waals surface area contributed by atoms with E-state index >= 15 is 0 Å². The number of ether oxygens (including phenoxy) is 2. The summed E-state index contributed by atoms with van der Waals surface area (Å²) in [5, 5.41) is 3.27. The Morgan fingerprint density at radius 1 is 1.13 bits per heavy atom. The topological polar surface area (TPSA) is 72.0 Å². The second-order valence-corrected chi connectivity index (χ2v) is 11.8. The second kappa shape index (κ2) is 12.4. The maximum atomic E-state index is 13.3. The van der Waals surface area contributed by atoms with Gasteiger partial charge in [-0.25, -0.2) is 4.98 Å². The normalized spacial score (nSPS) is 15.1. The monoisotopic (exact) mass is 569 g/mol. The Hall–Kier alpha value is -3.10. The first-order valence-corrected chi connectivity index (χ1v) is 14.4. The van der Waals surface area contributed by atoms with E-state index in [1.54, 1.807) is 38.0 Å². The SMILES string of the molecule is COc1ccccc1CC(C)N(C)C(=O)c1csc(C2CCN(C(=O)C(C)(C)Oc3ccccc3Cl)CC2)n1. The van der Waals surface area contributed by atoms with Crippen LogP contribution in [0.1, 0.15) is 60.6 Å². The lowest BCUT2D eigenvalue weighted by molar-refractivity contribution is -0.146. The number of hydrogen-bond acceptors (Lipinski definition) is 6. The van der Waals surface area contributed by atoms with Crippen molar-refractivity contribution in [2.75, 3.05) is 27.2 Å². The molecule has 1 saturated heterocycles. The zero-order valence-corrected chi connectivity index (χ0v) is 24.7. The number of amides is 2. The number of benzene rings is 2. The fourth-order valence-electron chi connectivity index (χ4n) is 4.84. The molecule has 0 aliphatic carbocycles. The van der Waals surface area contributed by atoms with Crippen molar-refractivity contribution < 1.29 is 19.1 Å². The number of para-hydroxylation sites is 2. The molecular weight excluding hydrogens is 534 g/mol. The number of thiazole rings is 1. The number of likely N-dealkylation sites (tertiary alicyclic amines) is 1. The van der Waals surface area contributed by atoms with Crippen LogP contribution < -0.4 is 9.47 Å². The van der Waals surface area contributed by atoms with Gasteiger partial charge in [0.15, 0.2) is 5.60 Å². The maximum Gasteiger partial charge on any atom is 0.273 e. The van der Waals surface area contributed by atoms with Gasteiger partial charge in [0, 0.05) is 37.5 Å². The third-order valence-corrected chi connectivity index (χ3v) is 8.60. The van der Waals surface area contributed by atoms with Gasteiger partial charge in [-0.05, 0) is 63.8 Å². The number of likely N-dealkylation sites (N-methyl/N-ethyl adjacent to an activating group) is 1. The lowest BCUT2D eigenvalue weighted by Gasteiger charge is -2.36. The van der Waals surface area contributed by atoms with Crippen LogP contribution in [0.25, 0.3) is 0 Å². The van der Waals surface area contributed by atoms with Crippen molar-refractivity contribution in [3.63, 3.8) is 0 Å². The maximum absolute atomic E-state index is 13.3. The van der Waals surface area contributed by atoms with Crippen molar-refractivity contribution in [1.29, 1.82) is 0 Å². The lowest BCUT2D eigenvalue weighted by atomic mass is 9.96. The van der Waals surface area contributed by atoms with Crippen molar-refractivity contribution in [2.24, 2.45) is 0 Å². The highest BCUT2D eigenvalue weighted by atomic mass is 35.5. The average Bonchev–Trinajstić information content (AvgIpc) is 3.44. The zero-order chi connectivity index (χ0) is 28.2. The summed E-state index contributed by atoms with van der Waals surface area (Å²) in [6.07, 6.45) is 2.26. The van der Waals surface area contributed by atoms with Gasteiger partial charge in [0.1, 0.15) is 17.2 Å². The van der Waals surface area contributed by atoms with Crippen molar-refractivity contribution in [1.82, 2.24) is 14.8 Å². The van der Waals surface area contributed by atoms with Crippen LogP contribution in [0.3, 0.4) is 0 Å². The van der Waals surface area contributed by atoms with E-state index in [2.05, 4.69) is 0 Å². The van der Waals surface area contributed by atoms with E-state index in [-0.39, 0.29) is 23.8 Å². The first kappa shape index (κ1) is 28.9. The Balaban J connectivity index is 1.33. The van der Waals surface area contributed by atoms with Crippen LogP contribution >= 0.6 is 22.9 Å². The molecule has 39 heavy (non-hydrogen) atoms. The Labute approximate surface area is 239 Å².